The lowest BCUT2D eigenvalue weighted by molar-refractivity contribution is 0.0372. The molecule has 2 amide bonds. The number of piperidine rings is 1. The van der Waals surface area contributed by atoms with Crippen molar-refractivity contribution in [3.63, 3.8) is 0 Å². The van der Waals surface area contributed by atoms with E-state index in [1.165, 1.54) is 12.8 Å². The van der Waals surface area contributed by atoms with Crippen LogP contribution < -0.4 is 5.32 Å². The Morgan fingerprint density at radius 3 is 2.95 bits per heavy atom. The molecule has 2 aliphatic heterocycles. The minimum absolute atomic E-state index is 0.0658. The Bertz CT molecular complexity index is 438. The first-order valence-corrected chi connectivity index (χ1v) is 8.78. The fourth-order valence-electron chi connectivity index (χ4n) is 3.22. The van der Waals surface area contributed by atoms with Crippen molar-refractivity contribution in [2.75, 3.05) is 26.2 Å². The van der Waals surface area contributed by atoms with Gasteiger partial charge in [0, 0.05) is 38.0 Å². The summed E-state index contributed by atoms with van der Waals surface area (Å²) in [6.07, 6.45) is 5.79. The van der Waals surface area contributed by atoms with E-state index >= 15 is 0 Å². The highest BCUT2D eigenvalue weighted by Crippen LogP contribution is 2.28. The van der Waals surface area contributed by atoms with Crippen LogP contribution in [0.15, 0.2) is 10.9 Å². The molecule has 6 heteroatoms. The van der Waals surface area contributed by atoms with Crippen LogP contribution in [0.5, 0.6) is 0 Å². The van der Waals surface area contributed by atoms with Gasteiger partial charge in [0.1, 0.15) is 0 Å². The molecule has 0 saturated carbocycles. The lowest BCUT2D eigenvalue weighted by atomic mass is 9.90. The number of likely N-dealkylation sites (tertiary alicyclic amines) is 1. The molecule has 1 aromatic heterocycles. The Kier molecular flexibility index (Phi) is 5.08. The molecule has 116 valence electrons. The third-order valence-corrected chi connectivity index (χ3v) is 5.09. The average Bonchev–Trinajstić information content (AvgIpc) is 3.21. The lowest BCUT2D eigenvalue weighted by Crippen LogP contribution is -2.46. The largest absolute Gasteiger partial charge is 0.378 e. The summed E-state index contributed by atoms with van der Waals surface area (Å²) >= 11 is 1.59. The molecule has 0 bridgehead atoms. The summed E-state index contributed by atoms with van der Waals surface area (Å²) in [5.41, 5.74) is 2.88. The smallest absolute Gasteiger partial charge is 0.317 e. The minimum atomic E-state index is 0.0658. The molecule has 5 nitrogen and oxygen atoms in total. The van der Waals surface area contributed by atoms with Gasteiger partial charge in [0.2, 0.25) is 0 Å². The topological polar surface area (TPSA) is 54.5 Å². The number of carbonyl (C=O) groups excluding carboxylic acids is 1. The molecule has 1 atom stereocenters. The van der Waals surface area contributed by atoms with Gasteiger partial charge in [-0.1, -0.05) is 0 Å². The zero-order valence-electron chi connectivity index (χ0n) is 12.3. The number of carbonyl (C=O) groups is 1. The molecule has 0 aliphatic carbocycles. The second kappa shape index (κ2) is 7.22. The second-order valence-corrected chi connectivity index (χ2v) is 6.56. The first-order chi connectivity index (χ1) is 10.3. The summed E-state index contributed by atoms with van der Waals surface area (Å²) in [6.45, 7) is 3.29. The van der Waals surface area contributed by atoms with Crippen LogP contribution in [-0.4, -0.2) is 48.3 Å². The number of urea groups is 1. The van der Waals surface area contributed by atoms with E-state index in [1.54, 1.807) is 11.3 Å². The Labute approximate surface area is 129 Å². The van der Waals surface area contributed by atoms with E-state index in [0.29, 0.717) is 18.6 Å². The minimum Gasteiger partial charge on any atom is -0.378 e. The van der Waals surface area contributed by atoms with Crippen LogP contribution in [0, 0.1) is 5.92 Å². The molecule has 2 saturated heterocycles. The molecule has 2 aliphatic rings. The van der Waals surface area contributed by atoms with Crippen LogP contribution in [0.25, 0.3) is 0 Å². The van der Waals surface area contributed by atoms with Gasteiger partial charge in [-0.25, -0.2) is 9.78 Å². The Morgan fingerprint density at radius 2 is 2.29 bits per heavy atom. The summed E-state index contributed by atoms with van der Waals surface area (Å²) in [5.74, 6) is 0.645. The number of amides is 2. The summed E-state index contributed by atoms with van der Waals surface area (Å²) in [6, 6.07) is 0.0658. The molecule has 1 unspecified atom stereocenters. The van der Waals surface area contributed by atoms with E-state index in [9.17, 15) is 4.79 Å². The van der Waals surface area contributed by atoms with Crippen molar-refractivity contribution < 1.29 is 9.53 Å². The number of nitrogens with zero attached hydrogens (tertiary/aromatic N) is 2. The van der Waals surface area contributed by atoms with Gasteiger partial charge < -0.3 is 15.0 Å². The molecule has 2 fully saturated rings. The van der Waals surface area contributed by atoms with E-state index in [4.69, 9.17) is 4.74 Å². The summed E-state index contributed by atoms with van der Waals surface area (Å²) in [7, 11) is 0. The van der Waals surface area contributed by atoms with Gasteiger partial charge in [0.25, 0.3) is 0 Å². The van der Waals surface area contributed by atoms with Gasteiger partial charge >= 0.3 is 6.03 Å². The Morgan fingerprint density at radius 1 is 1.43 bits per heavy atom. The normalized spacial score (nSPS) is 23.4. The van der Waals surface area contributed by atoms with Crippen LogP contribution >= 0.6 is 11.3 Å². The van der Waals surface area contributed by atoms with Crippen LogP contribution in [-0.2, 0) is 11.2 Å². The molecule has 3 heterocycles. The fraction of sp³-hybridized carbons (Fsp3) is 0.733. The highest BCUT2D eigenvalue weighted by Gasteiger charge is 2.30. The van der Waals surface area contributed by atoms with Crippen molar-refractivity contribution >= 4 is 17.4 Å². The van der Waals surface area contributed by atoms with E-state index in [0.717, 1.165) is 44.7 Å². The number of hydrogen-bond donors (Lipinski definition) is 1. The van der Waals surface area contributed by atoms with Gasteiger partial charge in [-0.15, -0.1) is 11.3 Å². The van der Waals surface area contributed by atoms with E-state index in [-0.39, 0.29) is 6.03 Å². The number of hydrogen-bond acceptors (Lipinski definition) is 4. The number of rotatable bonds is 4. The SMILES string of the molecule is O=C(NCCc1cscn1)N1CCC(C2CCCO2)CC1. The summed E-state index contributed by atoms with van der Waals surface area (Å²) < 4.78 is 5.77. The lowest BCUT2D eigenvalue weighted by Gasteiger charge is -2.34. The number of ether oxygens (including phenoxy) is 1. The van der Waals surface area contributed by atoms with Crippen molar-refractivity contribution in [3.05, 3.63) is 16.6 Å². The van der Waals surface area contributed by atoms with E-state index < -0.39 is 0 Å². The predicted molar refractivity (Wildman–Crippen MR) is 82.5 cm³/mol. The van der Waals surface area contributed by atoms with Crippen molar-refractivity contribution in [2.24, 2.45) is 5.92 Å². The molecule has 21 heavy (non-hydrogen) atoms. The Balaban J connectivity index is 1.36. The van der Waals surface area contributed by atoms with Gasteiger partial charge in [-0.05, 0) is 31.6 Å². The van der Waals surface area contributed by atoms with Gasteiger partial charge in [-0.3, -0.25) is 0 Å². The van der Waals surface area contributed by atoms with Crippen molar-refractivity contribution in [3.8, 4) is 0 Å². The van der Waals surface area contributed by atoms with Gasteiger partial charge in [-0.2, -0.15) is 0 Å². The quantitative estimate of drug-likeness (QED) is 0.928. The van der Waals surface area contributed by atoms with Crippen molar-refractivity contribution in [1.29, 1.82) is 0 Å². The molecule has 0 spiro atoms. The first kappa shape index (κ1) is 14.8. The van der Waals surface area contributed by atoms with E-state index in [2.05, 4.69) is 10.3 Å². The molecule has 3 rings (SSSR count). The molecule has 0 radical (unpaired) electrons. The zero-order valence-corrected chi connectivity index (χ0v) is 13.1. The molecular formula is C15H23N3O2S. The van der Waals surface area contributed by atoms with E-state index in [1.807, 2.05) is 15.8 Å². The van der Waals surface area contributed by atoms with Crippen LogP contribution in [0.2, 0.25) is 0 Å². The van der Waals surface area contributed by atoms with Crippen molar-refractivity contribution in [2.45, 2.75) is 38.2 Å². The highest BCUT2D eigenvalue weighted by atomic mass is 32.1. The molecular weight excluding hydrogens is 286 g/mol. The van der Waals surface area contributed by atoms with Crippen molar-refractivity contribution in [1.82, 2.24) is 15.2 Å². The van der Waals surface area contributed by atoms with Gasteiger partial charge in [0.15, 0.2) is 0 Å². The third-order valence-electron chi connectivity index (χ3n) is 4.46. The number of thiazole rings is 1. The average molecular weight is 309 g/mol. The second-order valence-electron chi connectivity index (χ2n) is 5.84. The molecule has 1 aromatic rings. The number of aromatic nitrogens is 1. The zero-order chi connectivity index (χ0) is 14.5. The maximum absolute atomic E-state index is 12.1. The first-order valence-electron chi connectivity index (χ1n) is 7.84. The maximum atomic E-state index is 12.1. The standard InChI is InChI=1S/C15H23N3O2S/c19-15(16-6-3-13-10-21-11-17-13)18-7-4-12(5-8-18)14-2-1-9-20-14/h10-12,14H,1-9H2,(H,16,19). The Hall–Kier alpha value is -1.14. The third kappa shape index (κ3) is 3.95. The highest BCUT2D eigenvalue weighted by molar-refractivity contribution is 7.07. The fourth-order valence-corrected chi connectivity index (χ4v) is 3.81. The predicted octanol–water partition coefficient (Wildman–Crippen LogP) is 2.29. The summed E-state index contributed by atoms with van der Waals surface area (Å²) in [4.78, 5) is 18.3. The molecule has 0 aromatic carbocycles. The van der Waals surface area contributed by atoms with Crippen LogP contribution in [0.4, 0.5) is 4.79 Å². The molecule has 1 N–H and O–H groups in total. The summed E-state index contributed by atoms with van der Waals surface area (Å²) in [5, 5.41) is 5.02. The maximum Gasteiger partial charge on any atom is 0.317 e. The van der Waals surface area contributed by atoms with Crippen LogP contribution in [0.1, 0.15) is 31.4 Å². The number of nitrogens with one attached hydrogen (secondary N) is 1. The monoisotopic (exact) mass is 309 g/mol. The van der Waals surface area contributed by atoms with Gasteiger partial charge in [0.05, 0.1) is 17.3 Å². The van der Waals surface area contributed by atoms with Crippen LogP contribution in [0.3, 0.4) is 0 Å².